The minimum Gasteiger partial charge on any atom is -0.503 e. The Hall–Kier alpha value is -2.24. The van der Waals surface area contributed by atoms with E-state index in [-0.39, 0.29) is 25.3 Å². The van der Waals surface area contributed by atoms with Gasteiger partial charge in [0, 0.05) is 0 Å². The zero-order valence-electron chi connectivity index (χ0n) is 9.88. The smallest absolute Gasteiger partial charge is 0.339 e. The van der Waals surface area contributed by atoms with Crippen molar-refractivity contribution in [3.8, 4) is 0 Å². The van der Waals surface area contributed by atoms with Gasteiger partial charge < -0.3 is 19.2 Å². The van der Waals surface area contributed by atoms with Crippen LogP contribution in [0, 0.1) is 0 Å². The molecule has 0 aliphatic carbocycles. The topological polar surface area (TPSA) is 80.0 Å². The maximum atomic E-state index is 11.7. The maximum absolute atomic E-state index is 11.7. The summed E-state index contributed by atoms with van der Waals surface area (Å²) in [5.74, 6) is -1.21. The Morgan fingerprint density at radius 3 is 3.00 bits per heavy atom. The second kappa shape index (κ2) is 4.95. The number of ether oxygens (including phenoxy) is 1. The molecule has 0 saturated carbocycles. The second-order valence-corrected chi connectivity index (χ2v) is 3.79. The van der Waals surface area contributed by atoms with Gasteiger partial charge in [0.1, 0.15) is 11.3 Å². The van der Waals surface area contributed by atoms with Crippen molar-refractivity contribution in [2.75, 3.05) is 13.2 Å². The van der Waals surface area contributed by atoms with Crippen LogP contribution in [-0.2, 0) is 20.9 Å². The predicted octanol–water partition coefficient (Wildman–Crippen LogP) is 0.997. The molecule has 6 nitrogen and oxygen atoms in total. The lowest BCUT2D eigenvalue weighted by molar-refractivity contribution is -0.138. The van der Waals surface area contributed by atoms with Gasteiger partial charge in [-0.1, -0.05) is 0 Å². The molecule has 0 unspecified atom stereocenters. The van der Waals surface area contributed by atoms with E-state index in [4.69, 9.17) is 9.15 Å². The van der Waals surface area contributed by atoms with E-state index < -0.39 is 17.6 Å². The first-order chi connectivity index (χ1) is 8.63. The number of hydrogen-bond acceptors (Lipinski definition) is 5. The lowest BCUT2D eigenvalue weighted by atomic mass is 10.2. The number of carbonyl (C=O) groups excluding carboxylic acids is 2. The highest BCUT2D eigenvalue weighted by molar-refractivity contribution is 6.04. The van der Waals surface area contributed by atoms with Gasteiger partial charge in [-0.2, -0.15) is 0 Å². The van der Waals surface area contributed by atoms with E-state index in [1.807, 2.05) is 0 Å². The zero-order valence-corrected chi connectivity index (χ0v) is 9.88. The molecule has 0 spiro atoms. The third-order valence-corrected chi connectivity index (χ3v) is 2.57. The van der Waals surface area contributed by atoms with Crippen LogP contribution >= 0.6 is 0 Å². The molecule has 1 aromatic heterocycles. The maximum Gasteiger partial charge on any atom is 0.339 e. The van der Waals surface area contributed by atoms with Gasteiger partial charge in [0.25, 0.3) is 5.91 Å². The average Bonchev–Trinajstić information content (AvgIpc) is 2.93. The van der Waals surface area contributed by atoms with Gasteiger partial charge in [-0.3, -0.25) is 4.79 Å². The fraction of sp³-hybridized carbons (Fsp3) is 0.333. The predicted molar refractivity (Wildman–Crippen MR) is 60.4 cm³/mol. The summed E-state index contributed by atoms with van der Waals surface area (Å²) in [5, 5.41) is 9.61. The standard InChI is InChI=1S/C12H13NO5/c1-2-17-12(16)9-7-13(11(15)10(9)14)6-8-4-3-5-18-8/h3-5,14H,2,6-7H2,1H3. The minimum atomic E-state index is -0.662. The fourth-order valence-corrected chi connectivity index (χ4v) is 1.71. The molecule has 1 aliphatic heterocycles. The van der Waals surface area contributed by atoms with E-state index in [2.05, 4.69) is 0 Å². The van der Waals surface area contributed by atoms with E-state index in [9.17, 15) is 14.7 Å². The molecule has 0 fully saturated rings. The summed E-state index contributed by atoms with van der Waals surface area (Å²) in [6.07, 6.45) is 1.50. The number of hydrogen-bond donors (Lipinski definition) is 1. The second-order valence-electron chi connectivity index (χ2n) is 3.79. The van der Waals surface area contributed by atoms with Gasteiger partial charge >= 0.3 is 5.97 Å². The van der Waals surface area contributed by atoms with Crippen LogP contribution in [0.1, 0.15) is 12.7 Å². The Bertz CT molecular complexity index is 489. The number of carbonyl (C=O) groups is 2. The van der Waals surface area contributed by atoms with Gasteiger partial charge in [-0.05, 0) is 19.1 Å². The summed E-state index contributed by atoms with van der Waals surface area (Å²) in [6.45, 7) is 2.10. The largest absolute Gasteiger partial charge is 0.503 e. The van der Waals surface area contributed by atoms with E-state index >= 15 is 0 Å². The van der Waals surface area contributed by atoms with Crippen molar-refractivity contribution in [3.63, 3.8) is 0 Å². The van der Waals surface area contributed by atoms with Gasteiger partial charge in [0.2, 0.25) is 0 Å². The van der Waals surface area contributed by atoms with Crippen molar-refractivity contribution in [2.24, 2.45) is 0 Å². The van der Waals surface area contributed by atoms with Crippen molar-refractivity contribution < 1.29 is 23.8 Å². The number of aliphatic hydroxyl groups is 1. The van der Waals surface area contributed by atoms with Crippen LogP contribution < -0.4 is 0 Å². The molecule has 2 rings (SSSR count). The highest BCUT2D eigenvalue weighted by Gasteiger charge is 2.35. The average molecular weight is 251 g/mol. The number of nitrogens with zero attached hydrogens (tertiary/aromatic N) is 1. The first kappa shape index (κ1) is 12.2. The highest BCUT2D eigenvalue weighted by atomic mass is 16.5. The summed E-state index contributed by atoms with van der Waals surface area (Å²) >= 11 is 0. The van der Waals surface area contributed by atoms with Crippen LogP contribution in [0.2, 0.25) is 0 Å². The quantitative estimate of drug-likeness (QED) is 0.807. The van der Waals surface area contributed by atoms with Crippen LogP contribution in [-0.4, -0.2) is 35.0 Å². The Balaban J connectivity index is 2.08. The Morgan fingerprint density at radius 2 is 2.39 bits per heavy atom. The molecule has 0 atom stereocenters. The number of rotatable bonds is 4. The lowest BCUT2D eigenvalue weighted by Gasteiger charge is -2.13. The highest BCUT2D eigenvalue weighted by Crippen LogP contribution is 2.20. The molecule has 1 N–H and O–H groups in total. The molecule has 1 aliphatic rings. The lowest BCUT2D eigenvalue weighted by Crippen LogP contribution is -2.27. The third-order valence-electron chi connectivity index (χ3n) is 2.57. The minimum absolute atomic E-state index is 0.00611. The molecule has 0 bridgehead atoms. The Labute approximate surface area is 103 Å². The molecule has 1 amide bonds. The summed E-state index contributed by atoms with van der Waals surface area (Å²) in [6, 6.07) is 3.42. The van der Waals surface area contributed by atoms with Crippen molar-refractivity contribution in [3.05, 3.63) is 35.5 Å². The molecule has 0 aromatic carbocycles. The van der Waals surface area contributed by atoms with Crippen molar-refractivity contribution in [1.82, 2.24) is 4.90 Å². The van der Waals surface area contributed by atoms with Crippen LogP contribution in [0.3, 0.4) is 0 Å². The van der Waals surface area contributed by atoms with E-state index in [0.717, 1.165) is 0 Å². The van der Waals surface area contributed by atoms with Crippen LogP contribution in [0.4, 0.5) is 0 Å². The normalized spacial score (nSPS) is 15.4. The van der Waals surface area contributed by atoms with E-state index in [1.165, 1.54) is 11.2 Å². The number of furan rings is 1. The van der Waals surface area contributed by atoms with Gasteiger partial charge in [0.05, 0.1) is 26.0 Å². The van der Waals surface area contributed by atoms with Crippen molar-refractivity contribution >= 4 is 11.9 Å². The summed E-state index contributed by atoms with van der Waals surface area (Å²) in [5.41, 5.74) is -0.00611. The SMILES string of the molecule is CCOC(=O)C1=C(O)C(=O)N(Cc2ccco2)C1. The van der Waals surface area contributed by atoms with Crippen LogP contribution in [0.5, 0.6) is 0 Å². The molecular formula is C12H13NO5. The molecule has 6 heteroatoms. The molecule has 0 saturated heterocycles. The van der Waals surface area contributed by atoms with Crippen LogP contribution in [0.25, 0.3) is 0 Å². The number of aliphatic hydroxyl groups excluding tert-OH is 1. The Kier molecular flexibility index (Phi) is 3.36. The molecule has 1 aromatic rings. The number of esters is 1. The van der Waals surface area contributed by atoms with Crippen molar-refractivity contribution in [1.29, 1.82) is 0 Å². The van der Waals surface area contributed by atoms with E-state index in [0.29, 0.717) is 5.76 Å². The molecule has 0 radical (unpaired) electrons. The monoisotopic (exact) mass is 251 g/mol. The van der Waals surface area contributed by atoms with Crippen LogP contribution in [0.15, 0.2) is 34.1 Å². The molecular weight excluding hydrogens is 238 g/mol. The molecule has 96 valence electrons. The van der Waals surface area contributed by atoms with Gasteiger partial charge in [-0.25, -0.2) is 4.79 Å². The molecule has 2 heterocycles. The van der Waals surface area contributed by atoms with Gasteiger partial charge in [-0.15, -0.1) is 0 Å². The first-order valence-corrected chi connectivity index (χ1v) is 5.54. The summed E-state index contributed by atoms with van der Waals surface area (Å²) in [4.78, 5) is 24.5. The Morgan fingerprint density at radius 1 is 1.61 bits per heavy atom. The third kappa shape index (κ3) is 2.22. The molecule has 18 heavy (non-hydrogen) atoms. The fourth-order valence-electron chi connectivity index (χ4n) is 1.71. The zero-order chi connectivity index (χ0) is 13.1. The number of amides is 1. The first-order valence-electron chi connectivity index (χ1n) is 5.54. The summed E-state index contributed by atoms with van der Waals surface area (Å²) in [7, 11) is 0. The summed E-state index contributed by atoms with van der Waals surface area (Å²) < 4.78 is 9.88. The van der Waals surface area contributed by atoms with E-state index in [1.54, 1.807) is 19.1 Å². The van der Waals surface area contributed by atoms with Crippen molar-refractivity contribution in [2.45, 2.75) is 13.5 Å². The van der Waals surface area contributed by atoms with Gasteiger partial charge in [0.15, 0.2) is 5.76 Å².